The van der Waals surface area contributed by atoms with E-state index in [1.807, 2.05) is 0 Å². The normalized spacial score (nSPS) is 30.9. The Hall–Kier alpha value is -0.790. The molecule has 0 unspecified atom stereocenters. The highest BCUT2D eigenvalue weighted by molar-refractivity contribution is 5.97. The lowest BCUT2D eigenvalue weighted by molar-refractivity contribution is -0.578. The molecule has 0 radical (unpaired) electrons. The van der Waals surface area contributed by atoms with Gasteiger partial charge in [-0.3, -0.25) is 0 Å². The lowest BCUT2D eigenvalue weighted by Crippen LogP contribution is -2.40. The summed E-state index contributed by atoms with van der Waals surface area (Å²) < 4.78 is 2.63. The van der Waals surface area contributed by atoms with Crippen LogP contribution in [0.5, 0.6) is 0 Å². The molecule has 0 bridgehead atoms. The molecule has 16 heavy (non-hydrogen) atoms. The van der Waals surface area contributed by atoms with E-state index in [2.05, 4.69) is 4.58 Å². The van der Waals surface area contributed by atoms with Crippen molar-refractivity contribution in [1.29, 1.82) is 0 Å². The number of fused-ring (bicyclic) bond motifs is 2. The van der Waals surface area contributed by atoms with E-state index in [1.165, 1.54) is 62.8 Å². The molecule has 1 N–H and O–H groups in total. The van der Waals surface area contributed by atoms with Crippen molar-refractivity contribution in [2.75, 3.05) is 6.54 Å². The van der Waals surface area contributed by atoms with Crippen molar-refractivity contribution in [2.24, 2.45) is 0 Å². The number of allylic oxidation sites excluding steroid dienone is 1. The molecule has 0 aromatic rings. The predicted octanol–water partition coefficient (Wildman–Crippen LogP) is 3.17. The Morgan fingerprint density at radius 1 is 1.00 bits per heavy atom. The van der Waals surface area contributed by atoms with Crippen LogP contribution >= 0.6 is 0 Å². The van der Waals surface area contributed by atoms with Crippen LogP contribution in [-0.2, 0) is 0 Å². The van der Waals surface area contributed by atoms with Crippen LogP contribution in [0.1, 0.15) is 57.8 Å². The van der Waals surface area contributed by atoms with Gasteiger partial charge in [0.2, 0.25) is 0 Å². The topological polar surface area (TPSA) is 23.2 Å². The van der Waals surface area contributed by atoms with Gasteiger partial charge in [-0.25, -0.2) is 4.58 Å². The average Bonchev–Trinajstić information content (AvgIpc) is 2.55. The highest BCUT2D eigenvalue weighted by atomic mass is 16.3. The molecular formula is C14H22NO+. The van der Waals surface area contributed by atoms with E-state index < -0.39 is 0 Å². The van der Waals surface area contributed by atoms with Crippen LogP contribution in [0.3, 0.4) is 0 Å². The van der Waals surface area contributed by atoms with Gasteiger partial charge >= 0.3 is 0 Å². The molecule has 1 saturated heterocycles. The summed E-state index contributed by atoms with van der Waals surface area (Å²) in [5.74, 6) is 0.722. The third-order valence-electron chi connectivity index (χ3n) is 4.44. The molecule has 0 amide bonds. The van der Waals surface area contributed by atoms with Crippen LogP contribution in [-0.4, -0.2) is 28.0 Å². The SMILES string of the molecule is OC1=C2CCCCCC2=[N+]2CCCC[C@H]2C1. The van der Waals surface area contributed by atoms with Gasteiger partial charge in [-0.2, -0.15) is 0 Å². The Kier molecular flexibility index (Phi) is 2.74. The molecular weight excluding hydrogens is 198 g/mol. The molecule has 2 fully saturated rings. The molecule has 2 nitrogen and oxygen atoms in total. The molecule has 2 heterocycles. The van der Waals surface area contributed by atoms with Crippen LogP contribution in [0, 0.1) is 0 Å². The zero-order valence-corrected chi connectivity index (χ0v) is 10.0. The molecule has 0 spiro atoms. The molecule has 2 heteroatoms. The quantitative estimate of drug-likeness (QED) is 0.623. The van der Waals surface area contributed by atoms with E-state index in [4.69, 9.17) is 0 Å². The number of rotatable bonds is 0. The fourth-order valence-corrected chi connectivity index (χ4v) is 3.61. The lowest BCUT2D eigenvalue weighted by atomic mass is 9.90. The zero-order valence-electron chi connectivity index (χ0n) is 10.0. The second kappa shape index (κ2) is 4.23. The van der Waals surface area contributed by atoms with Gasteiger partial charge in [0.1, 0.15) is 12.3 Å². The van der Waals surface area contributed by atoms with Gasteiger partial charge in [-0.05, 0) is 25.7 Å². The van der Waals surface area contributed by atoms with Crippen molar-refractivity contribution in [2.45, 2.75) is 63.8 Å². The summed E-state index contributed by atoms with van der Waals surface area (Å²) in [7, 11) is 0. The van der Waals surface area contributed by atoms with Crippen molar-refractivity contribution in [3.8, 4) is 0 Å². The van der Waals surface area contributed by atoms with Gasteiger partial charge in [-0.1, -0.05) is 6.42 Å². The van der Waals surface area contributed by atoms with Gasteiger partial charge in [-0.15, -0.1) is 0 Å². The minimum Gasteiger partial charge on any atom is -0.512 e. The number of piperidine rings is 1. The standard InChI is InChI=1S/C14H21NO/c16-14-10-11-6-4-5-9-15(11)13-8-3-1-2-7-12(13)14/h11H,1-10H2/p+1/t11-/m0/s1. The van der Waals surface area contributed by atoms with Crippen molar-refractivity contribution in [1.82, 2.24) is 0 Å². The zero-order chi connectivity index (χ0) is 11.0. The van der Waals surface area contributed by atoms with Gasteiger partial charge in [0.05, 0.1) is 12.0 Å². The van der Waals surface area contributed by atoms with E-state index in [-0.39, 0.29) is 0 Å². The Bertz CT molecular complexity index is 354. The van der Waals surface area contributed by atoms with E-state index >= 15 is 0 Å². The summed E-state index contributed by atoms with van der Waals surface area (Å²) in [5.41, 5.74) is 2.82. The Labute approximate surface area is 97.7 Å². The number of nitrogens with zero attached hydrogens (tertiary/aromatic N) is 1. The second-order valence-electron chi connectivity index (χ2n) is 5.48. The molecule has 0 aromatic heterocycles. The molecule has 0 aromatic carbocycles. The van der Waals surface area contributed by atoms with Gasteiger partial charge in [0.25, 0.3) is 0 Å². The molecule has 2 aliphatic heterocycles. The molecule has 1 aliphatic carbocycles. The maximum atomic E-state index is 10.2. The smallest absolute Gasteiger partial charge is 0.182 e. The van der Waals surface area contributed by atoms with Crippen LogP contribution in [0.4, 0.5) is 0 Å². The van der Waals surface area contributed by atoms with E-state index in [9.17, 15) is 5.11 Å². The van der Waals surface area contributed by atoms with Crippen LogP contribution in [0.2, 0.25) is 0 Å². The highest BCUT2D eigenvalue weighted by Gasteiger charge is 2.37. The Morgan fingerprint density at radius 3 is 2.81 bits per heavy atom. The monoisotopic (exact) mass is 220 g/mol. The predicted molar refractivity (Wildman–Crippen MR) is 65.1 cm³/mol. The van der Waals surface area contributed by atoms with Gasteiger partial charge < -0.3 is 5.11 Å². The molecule has 1 saturated carbocycles. The minimum atomic E-state index is 0.616. The first-order valence-electron chi connectivity index (χ1n) is 6.90. The number of hydrogen-bond acceptors (Lipinski definition) is 1. The lowest BCUT2D eigenvalue weighted by Gasteiger charge is -2.28. The highest BCUT2D eigenvalue weighted by Crippen LogP contribution is 2.31. The van der Waals surface area contributed by atoms with Crippen LogP contribution in [0.25, 0.3) is 0 Å². The number of aliphatic hydroxyl groups is 1. The second-order valence-corrected chi connectivity index (χ2v) is 5.48. The summed E-state index contributed by atoms with van der Waals surface area (Å²) in [5, 5.41) is 10.2. The first-order valence-corrected chi connectivity index (χ1v) is 6.90. The fourth-order valence-electron chi connectivity index (χ4n) is 3.61. The first-order chi connectivity index (χ1) is 7.86. The van der Waals surface area contributed by atoms with Gasteiger partial charge in [0.15, 0.2) is 11.8 Å². The van der Waals surface area contributed by atoms with E-state index in [1.54, 1.807) is 0 Å². The van der Waals surface area contributed by atoms with Crippen molar-refractivity contribution in [3.05, 3.63) is 11.3 Å². The maximum Gasteiger partial charge on any atom is 0.182 e. The fraction of sp³-hybridized carbons (Fsp3) is 0.786. The summed E-state index contributed by atoms with van der Waals surface area (Å²) in [6.07, 6.45) is 11.1. The van der Waals surface area contributed by atoms with Gasteiger partial charge in [0, 0.05) is 19.3 Å². The third-order valence-corrected chi connectivity index (χ3v) is 4.44. The number of hydrogen-bond donors (Lipinski definition) is 1. The summed E-state index contributed by atoms with van der Waals surface area (Å²) in [4.78, 5) is 0. The molecule has 3 rings (SSSR count). The summed E-state index contributed by atoms with van der Waals surface area (Å²) >= 11 is 0. The molecule has 3 aliphatic rings. The van der Waals surface area contributed by atoms with Crippen molar-refractivity contribution in [3.63, 3.8) is 0 Å². The molecule has 1 atom stereocenters. The molecule has 88 valence electrons. The maximum absolute atomic E-state index is 10.2. The van der Waals surface area contributed by atoms with Crippen molar-refractivity contribution >= 4 is 5.71 Å². The van der Waals surface area contributed by atoms with Crippen molar-refractivity contribution < 1.29 is 9.68 Å². The average molecular weight is 220 g/mol. The largest absolute Gasteiger partial charge is 0.512 e. The number of aliphatic hydroxyl groups excluding tert-OH is 1. The first kappa shape index (κ1) is 10.4. The van der Waals surface area contributed by atoms with Crippen LogP contribution < -0.4 is 0 Å². The third kappa shape index (κ3) is 1.68. The van der Waals surface area contributed by atoms with E-state index in [0.29, 0.717) is 6.04 Å². The summed E-state index contributed by atoms with van der Waals surface area (Å²) in [6, 6.07) is 0.616. The Balaban J connectivity index is 2.01. The minimum absolute atomic E-state index is 0.616. The summed E-state index contributed by atoms with van der Waals surface area (Å²) in [6.45, 7) is 1.23. The van der Waals surface area contributed by atoms with E-state index in [0.717, 1.165) is 18.6 Å². The Morgan fingerprint density at radius 2 is 1.88 bits per heavy atom. The van der Waals surface area contributed by atoms with Crippen LogP contribution in [0.15, 0.2) is 11.3 Å².